The maximum Gasteiger partial charge on any atom is 0.433 e. The molecule has 1 saturated heterocycles. The van der Waals surface area contributed by atoms with Crippen LogP contribution >= 0.6 is 7.75 Å². The van der Waals surface area contributed by atoms with Gasteiger partial charge in [0.2, 0.25) is 0 Å². The van der Waals surface area contributed by atoms with Crippen LogP contribution in [0.15, 0.2) is 48.5 Å². The SMILES string of the molecule is CNC[C@H](O)[C@@H](O)[C@H](O)[C@H](O)CO.CNC[C@H](O)[C@@H](O)[C@H](O)[C@H](O)CO.O=C1N[C@](COCc2cc(C(F)(F)F)cc(C(F)(F)F)c2)(c2ccccc2)CN1P(=O)(O)O. The van der Waals surface area contributed by atoms with E-state index < -0.39 is 130 Å². The number of alkyl halides is 6. The third-order valence-corrected chi connectivity index (χ3v) is 9.34. The lowest BCUT2D eigenvalue weighted by molar-refractivity contribution is -0.143. The number of likely N-dealkylation sites (N-methyl/N-ethyl adjacent to an activating group) is 2. The van der Waals surface area contributed by atoms with Crippen molar-refractivity contribution in [1.29, 1.82) is 0 Å². The third kappa shape index (κ3) is 16.7. The van der Waals surface area contributed by atoms with Gasteiger partial charge in [0.25, 0.3) is 0 Å². The van der Waals surface area contributed by atoms with E-state index in [0.29, 0.717) is 17.7 Å². The maximum absolute atomic E-state index is 13.0. The predicted molar refractivity (Wildman–Crippen MR) is 192 cm³/mol. The van der Waals surface area contributed by atoms with E-state index in [4.69, 9.17) is 45.6 Å². The molecular weight excluding hydrogens is 837 g/mol. The van der Waals surface area contributed by atoms with Crippen LogP contribution in [0.3, 0.4) is 0 Å². The Labute approximate surface area is 333 Å². The summed E-state index contributed by atoms with van der Waals surface area (Å²) in [5, 5.41) is 97.4. The maximum atomic E-state index is 13.0. The second-order valence-electron chi connectivity index (χ2n) is 13.1. The fourth-order valence-electron chi connectivity index (χ4n) is 5.16. The molecule has 1 aliphatic heterocycles. The monoisotopic (exact) mass is 888 g/mol. The number of hydrogen-bond donors (Lipinski definition) is 15. The van der Waals surface area contributed by atoms with Crippen LogP contribution in [-0.2, 0) is 33.8 Å². The highest BCUT2D eigenvalue weighted by Gasteiger charge is 2.50. The second kappa shape index (κ2) is 23.8. The van der Waals surface area contributed by atoms with Crippen LogP contribution in [-0.4, -0.2) is 174 Å². The zero-order valence-electron chi connectivity index (χ0n) is 31.4. The van der Waals surface area contributed by atoms with Crippen LogP contribution in [0.1, 0.15) is 22.3 Å². The summed E-state index contributed by atoms with van der Waals surface area (Å²) in [4.78, 5) is 31.0. The van der Waals surface area contributed by atoms with E-state index in [1.54, 1.807) is 32.3 Å². The van der Waals surface area contributed by atoms with Gasteiger partial charge in [-0.3, -0.25) is 0 Å². The van der Waals surface area contributed by atoms with Crippen LogP contribution in [0.2, 0.25) is 0 Å². The number of nitrogens with one attached hydrogen (secondary N) is 3. The van der Waals surface area contributed by atoms with Gasteiger partial charge in [0, 0.05) is 13.1 Å². The molecule has 0 spiro atoms. The lowest BCUT2D eigenvalue weighted by Crippen LogP contribution is -2.48. The number of urea groups is 1. The number of amides is 2. The Kier molecular flexibility index (Phi) is 21.8. The zero-order chi connectivity index (χ0) is 45.5. The van der Waals surface area contributed by atoms with Gasteiger partial charge in [-0.05, 0) is 43.4 Å². The van der Waals surface area contributed by atoms with Crippen molar-refractivity contribution in [2.75, 3.05) is 53.6 Å². The fraction of sp³-hybridized carbons (Fsp3) is 0.606. The molecule has 59 heavy (non-hydrogen) atoms. The molecule has 0 bridgehead atoms. The van der Waals surface area contributed by atoms with Gasteiger partial charge in [-0.25, -0.2) is 14.0 Å². The van der Waals surface area contributed by atoms with Crippen LogP contribution in [0.25, 0.3) is 0 Å². The number of benzene rings is 2. The predicted octanol–water partition coefficient (Wildman–Crippen LogP) is -2.46. The van der Waals surface area contributed by atoms with Gasteiger partial charge >= 0.3 is 26.1 Å². The highest BCUT2D eigenvalue weighted by atomic mass is 31.2. The molecule has 0 saturated carbocycles. The first kappa shape index (κ1) is 53.9. The molecule has 1 fully saturated rings. The summed E-state index contributed by atoms with van der Waals surface area (Å²) in [5.41, 5.74) is -4.56. The fourth-order valence-corrected chi connectivity index (χ4v) is 5.88. The smallest absolute Gasteiger partial charge is 0.394 e. The molecule has 15 N–H and O–H groups in total. The van der Waals surface area contributed by atoms with Crippen molar-refractivity contribution in [2.45, 2.75) is 73.3 Å². The molecule has 2 aromatic carbocycles. The number of nitrogens with zero attached hydrogens (tertiary/aromatic N) is 1. The van der Waals surface area contributed by atoms with Gasteiger partial charge < -0.3 is 81.5 Å². The van der Waals surface area contributed by atoms with Crippen molar-refractivity contribution < 1.29 is 101 Å². The molecule has 3 rings (SSSR count). The van der Waals surface area contributed by atoms with Gasteiger partial charge in [0.1, 0.15) is 42.2 Å². The van der Waals surface area contributed by atoms with Gasteiger partial charge in [-0.1, -0.05) is 30.3 Å². The zero-order valence-corrected chi connectivity index (χ0v) is 32.3. The van der Waals surface area contributed by atoms with Crippen molar-refractivity contribution in [2.24, 2.45) is 0 Å². The normalized spacial score (nSPS) is 20.1. The Morgan fingerprint density at radius 2 is 1.15 bits per heavy atom. The molecular formula is C33H51F6N4O15P. The van der Waals surface area contributed by atoms with Gasteiger partial charge in [0.15, 0.2) is 0 Å². The Balaban J connectivity index is 0.000000551. The van der Waals surface area contributed by atoms with E-state index in [9.17, 15) is 55.7 Å². The minimum absolute atomic E-state index is 0.00986. The molecule has 2 amide bonds. The Hall–Kier alpha value is -3.08. The molecule has 19 nitrogen and oxygen atoms in total. The van der Waals surface area contributed by atoms with Crippen molar-refractivity contribution >= 4 is 13.8 Å². The molecule has 0 aliphatic carbocycles. The van der Waals surface area contributed by atoms with E-state index in [1.807, 2.05) is 0 Å². The van der Waals surface area contributed by atoms with Gasteiger partial charge in [0.05, 0.1) is 56.3 Å². The first-order valence-corrected chi connectivity index (χ1v) is 18.8. The van der Waals surface area contributed by atoms with E-state index in [1.165, 1.54) is 12.1 Å². The number of aliphatic hydroxyl groups excluding tert-OH is 10. The summed E-state index contributed by atoms with van der Waals surface area (Å²) >= 11 is 0. The summed E-state index contributed by atoms with van der Waals surface area (Å²) < 4.78 is 95.6. The molecule has 0 unspecified atom stereocenters. The van der Waals surface area contributed by atoms with Gasteiger partial charge in [-0.2, -0.15) is 26.3 Å². The van der Waals surface area contributed by atoms with E-state index in [0.717, 1.165) is 0 Å². The molecule has 1 aliphatic rings. The van der Waals surface area contributed by atoms with Crippen molar-refractivity contribution in [3.05, 3.63) is 70.8 Å². The largest absolute Gasteiger partial charge is 0.433 e. The average Bonchev–Trinajstić information content (AvgIpc) is 3.53. The summed E-state index contributed by atoms with van der Waals surface area (Å²) in [7, 11) is -1.85. The number of rotatable bonds is 18. The lowest BCUT2D eigenvalue weighted by Gasteiger charge is -2.29. The molecule has 340 valence electrons. The van der Waals surface area contributed by atoms with Crippen molar-refractivity contribution in [1.82, 2.24) is 20.6 Å². The topological polar surface area (TPSA) is 325 Å². The second-order valence-corrected chi connectivity index (χ2v) is 14.6. The summed E-state index contributed by atoms with van der Waals surface area (Å²) in [6, 6.07) is 7.75. The molecule has 0 aromatic heterocycles. The Morgan fingerprint density at radius 1 is 0.746 bits per heavy atom. The quantitative estimate of drug-likeness (QED) is 0.0545. The molecule has 1 heterocycles. The molecule has 0 radical (unpaired) electrons. The summed E-state index contributed by atoms with van der Waals surface area (Å²) in [5.74, 6) is 0. The van der Waals surface area contributed by atoms with Crippen LogP contribution in [0.5, 0.6) is 0 Å². The van der Waals surface area contributed by atoms with Crippen LogP contribution in [0, 0.1) is 0 Å². The standard InChI is InChI=1S/C19H17F6N2O5P.2C7H17NO5/c20-18(21,22)14-6-12(7-15(8-14)19(23,24)25)9-32-11-17(13-4-2-1-3-5-13)10-27(16(28)26-17)33(29,30)31;2*1-8-2-4(10)6(12)7(13)5(11)3-9/h1-8H,9-11H2,(H,26,28)(H2,29,30,31);2*4-13H,2-3H2,1H3/t17-;2*4-,5+,6+,7+/m100/s1. The Morgan fingerprint density at radius 3 is 1.49 bits per heavy atom. The molecule has 9 atom stereocenters. The number of aliphatic hydroxyl groups is 10. The van der Waals surface area contributed by atoms with E-state index in [-0.39, 0.29) is 23.8 Å². The van der Waals surface area contributed by atoms with E-state index in [2.05, 4.69) is 16.0 Å². The van der Waals surface area contributed by atoms with Gasteiger partial charge in [-0.15, -0.1) is 0 Å². The van der Waals surface area contributed by atoms with Crippen LogP contribution in [0.4, 0.5) is 31.1 Å². The number of carbonyl (C=O) groups is 1. The van der Waals surface area contributed by atoms with Crippen LogP contribution < -0.4 is 16.0 Å². The summed E-state index contributed by atoms with van der Waals surface area (Å²) in [6.07, 6.45) is -21.3. The first-order chi connectivity index (χ1) is 27.2. The number of halogens is 6. The number of ether oxygens (including phenoxy) is 1. The highest BCUT2D eigenvalue weighted by Crippen LogP contribution is 2.46. The highest BCUT2D eigenvalue weighted by molar-refractivity contribution is 7.50. The summed E-state index contributed by atoms with van der Waals surface area (Å²) in [6.45, 7) is -2.86. The molecule has 2 aromatic rings. The minimum Gasteiger partial charge on any atom is -0.394 e. The molecule has 26 heteroatoms. The lowest BCUT2D eigenvalue weighted by atomic mass is 9.92. The number of hydrogen-bond acceptors (Lipinski definition) is 15. The third-order valence-electron chi connectivity index (χ3n) is 8.38. The van der Waals surface area contributed by atoms with Crippen molar-refractivity contribution in [3.8, 4) is 0 Å². The average molecular weight is 889 g/mol. The first-order valence-electron chi connectivity index (χ1n) is 17.2. The van der Waals surface area contributed by atoms with E-state index >= 15 is 0 Å². The van der Waals surface area contributed by atoms with Crippen molar-refractivity contribution in [3.63, 3.8) is 0 Å². The Bertz CT molecular complexity index is 1540. The number of carbonyl (C=O) groups excluding carboxylic acids is 1. The minimum atomic E-state index is -5.02.